The minimum Gasteiger partial charge on any atom is -0.496 e. The molecule has 3 rings (SSSR count). The maximum atomic E-state index is 5.99. The van der Waals surface area contributed by atoms with Crippen molar-refractivity contribution in [3.05, 3.63) is 39.5 Å². The molecule has 0 radical (unpaired) electrons. The number of hydrogen-bond acceptors (Lipinski definition) is 5. The van der Waals surface area contributed by atoms with Crippen molar-refractivity contribution in [2.24, 2.45) is 0 Å². The molecule has 2 heterocycles. The summed E-state index contributed by atoms with van der Waals surface area (Å²) in [5.74, 6) is 2.22. The van der Waals surface area contributed by atoms with E-state index in [2.05, 4.69) is 50.1 Å². The highest BCUT2D eigenvalue weighted by molar-refractivity contribution is 14.1. The van der Waals surface area contributed by atoms with E-state index < -0.39 is 0 Å². The number of nitrogens with zero attached hydrogens (tertiary/aromatic N) is 4. The van der Waals surface area contributed by atoms with Gasteiger partial charge < -0.3 is 15.0 Å². The van der Waals surface area contributed by atoms with Gasteiger partial charge in [-0.25, -0.2) is 15.0 Å². The van der Waals surface area contributed by atoms with Crippen molar-refractivity contribution in [3.63, 3.8) is 0 Å². The van der Waals surface area contributed by atoms with E-state index >= 15 is 0 Å². The first-order valence-corrected chi connectivity index (χ1v) is 9.00. The number of hydrogen-bond donors (Lipinski definition) is 1. The van der Waals surface area contributed by atoms with Gasteiger partial charge >= 0.3 is 0 Å². The molecule has 126 valence electrons. The molecule has 0 bridgehead atoms. The molecule has 2 N–H and O–H groups in total. The molecule has 6 nitrogen and oxygen atoms in total. The smallest absolute Gasteiger partial charge is 0.165 e. The largest absolute Gasteiger partial charge is 0.496 e. The van der Waals surface area contributed by atoms with E-state index in [1.807, 2.05) is 12.1 Å². The quantitative estimate of drug-likeness (QED) is 0.598. The number of benzene rings is 1. The lowest BCUT2D eigenvalue weighted by atomic mass is 10.1. The van der Waals surface area contributed by atoms with Gasteiger partial charge in [-0.3, -0.25) is 0 Å². The number of nitrogen functional groups attached to an aromatic ring is 1. The molecule has 24 heavy (non-hydrogen) atoms. The Bertz CT molecular complexity index is 862. The lowest BCUT2D eigenvalue weighted by Gasteiger charge is -2.11. The molecule has 0 aliphatic heterocycles. The van der Waals surface area contributed by atoms with Gasteiger partial charge in [0.15, 0.2) is 17.0 Å². The van der Waals surface area contributed by atoms with Gasteiger partial charge in [0.2, 0.25) is 0 Å². The number of aryl methyl sites for hydroxylation is 1. The molecule has 0 saturated heterocycles. The van der Waals surface area contributed by atoms with Crippen molar-refractivity contribution in [1.29, 1.82) is 0 Å². The highest BCUT2D eigenvalue weighted by atomic mass is 127. The van der Waals surface area contributed by atoms with E-state index in [1.165, 1.54) is 9.90 Å². The number of methoxy groups -OCH3 is 1. The van der Waals surface area contributed by atoms with Gasteiger partial charge in [0, 0.05) is 22.1 Å². The zero-order valence-corrected chi connectivity index (χ0v) is 15.9. The molecule has 0 fully saturated rings. The second-order valence-electron chi connectivity index (χ2n) is 5.60. The monoisotopic (exact) mass is 437 g/mol. The van der Waals surface area contributed by atoms with E-state index in [0.29, 0.717) is 17.8 Å². The topological polar surface area (TPSA) is 78.9 Å². The lowest BCUT2D eigenvalue weighted by Crippen LogP contribution is -2.06. The van der Waals surface area contributed by atoms with E-state index in [0.717, 1.165) is 42.2 Å². The zero-order chi connectivity index (χ0) is 17.1. The van der Waals surface area contributed by atoms with Crippen LogP contribution < -0.4 is 10.5 Å². The van der Waals surface area contributed by atoms with Crippen molar-refractivity contribution in [1.82, 2.24) is 19.5 Å². The molecule has 0 unspecified atom stereocenters. The summed E-state index contributed by atoms with van der Waals surface area (Å²) in [5, 5.41) is 0. The number of fused-ring (bicyclic) bond motifs is 1. The van der Waals surface area contributed by atoms with Crippen LogP contribution in [-0.4, -0.2) is 26.6 Å². The molecule has 0 spiro atoms. The first-order chi connectivity index (χ1) is 11.6. The van der Waals surface area contributed by atoms with Crippen molar-refractivity contribution in [2.75, 3.05) is 12.8 Å². The van der Waals surface area contributed by atoms with Crippen LogP contribution in [0.15, 0.2) is 24.5 Å². The van der Waals surface area contributed by atoms with Gasteiger partial charge in [-0.15, -0.1) is 0 Å². The Balaban J connectivity index is 2.08. The normalized spacial score (nSPS) is 11.1. The second-order valence-corrected chi connectivity index (χ2v) is 6.84. The van der Waals surface area contributed by atoms with Crippen LogP contribution in [0, 0.1) is 3.57 Å². The summed E-state index contributed by atoms with van der Waals surface area (Å²) in [7, 11) is 1.69. The minimum atomic E-state index is 0.422. The second kappa shape index (κ2) is 7.33. The van der Waals surface area contributed by atoms with Crippen LogP contribution in [0.3, 0.4) is 0 Å². The minimum absolute atomic E-state index is 0.422. The van der Waals surface area contributed by atoms with Crippen LogP contribution in [-0.2, 0) is 13.0 Å². The summed E-state index contributed by atoms with van der Waals surface area (Å²) in [6.07, 6.45) is 4.33. The Morgan fingerprint density at radius 3 is 2.88 bits per heavy atom. The summed E-state index contributed by atoms with van der Waals surface area (Å²) in [5.41, 5.74) is 8.56. The average Bonchev–Trinajstić information content (AvgIpc) is 2.92. The molecular formula is C17H20IN5O. The van der Waals surface area contributed by atoms with E-state index in [-0.39, 0.29) is 0 Å². The van der Waals surface area contributed by atoms with Crippen LogP contribution in [0.4, 0.5) is 5.82 Å². The van der Waals surface area contributed by atoms with E-state index in [4.69, 9.17) is 15.5 Å². The fourth-order valence-electron chi connectivity index (χ4n) is 2.74. The summed E-state index contributed by atoms with van der Waals surface area (Å²) in [6.45, 7) is 3.04. The number of nitrogens with two attached hydrogens (primary N) is 1. The van der Waals surface area contributed by atoms with Crippen molar-refractivity contribution in [3.8, 4) is 5.75 Å². The fourth-order valence-corrected chi connectivity index (χ4v) is 3.30. The third-order valence-corrected chi connectivity index (χ3v) is 4.64. The molecule has 1 aromatic carbocycles. The van der Waals surface area contributed by atoms with Crippen LogP contribution in [0.25, 0.3) is 11.2 Å². The molecule has 2 aromatic heterocycles. The first kappa shape index (κ1) is 16.9. The Morgan fingerprint density at radius 1 is 1.29 bits per heavy atom. The summed E-state index contributed by atoms with van der Waals surface area (Å²) in [6, 6.07) is 6.15. The molecule has 3 aromatic rings. The Hall–Kier alpha value is -1.90. The number of anilines is 1. The fraction of sp³-hybridized carbons (Fsp3) is 0.353. The predicted molar refractivity (Wildman–Crippen MR) is 103 cm³/mol. The van der Waals surface area contributed by atoms with Crippen LogP contribution in [0.5, 0.6) is 5.75 Å². The standard InChI is InChI=1S/C17H20IN5O/c1-3-4-7-23-14(22-15-16(19)20-10-21-17(15)23)9-11-8-12(18)5-6-13(11)24-2/h5-6,8,10H,3-4,7,9H2,1-2H3,(H2,19,20,21). The number of ether oxygens (including phenoxy) is 1. The van der Waals surface area contributed by atoms with Crippen molar-refractivity contribution < 1.29 is 4.74 Å². The van der Waals surface area contributed by atoms with E-state index in [9.17, 15) is 0 Å². The number of rotatable bonds is 6. The third kappa shape index (κ3) is 3.31. The van der Waals surface area contributed by atoms with Crippen molar-refractivity contribution >= 4 is 39.6 Å². The number of halogens is 1. The maximum absolute atomic E-state index is 5.99. The van der Waals surface area contributed by atoms with Crippen LogP contribution >= 0.6 is 22.6 Å². The molecule has 0 amide bonds. The summed E-state index contributed by atoms with van der Waals surface area (Å²) in [4.78, 5) is 13.2. The van der Waals surface area contributed by atoms with Gasteiger partial charge in [-0.05, 0) is 47.2 Å². The third-order valence-electron chi connectivity index (χ3n) is 3.97. The number of imidazole rings is 1. The molecule has 0 atom stereocenters. The van der Waals surface area contributed by atoms with Gasteiger partial charge in [0.05, 0.1) is 7.11 Å². The Morgan fingerprint density at radius 2 is 2.12 bits per heavy atom. The van der Waals surface area contributed by atoms with Gasteiger partial charge in [-0.2, -0.15) is 0 Å². The van der Waals surface area contributed by atoms with Gasteiger partial charge in [0.1, 0.15) is 17.9 Å². The summed E-state index contributed by atoms with van der Waals surface area (Å²) >= 11 is 2.31. The molecular weight excluding hydrogens is 417 g/mol. The molecule has 0 saturated carbocycles. The highest BCUT2D eigenvalue weighted by Gasteiger charge is 2.16. The van der Waals surface area contributed by atoms with Gasteiger partial charge in [0.25, 0.3) is 0 Å². The number of aromatic nitrogens is 4. The average molecular weight is 437 g/mol. The Kier molecular flexibility index (Phi) is 5.17. The molecule has 0 aliphatic rings. The molecule has 0 aliphatic carbocycles. The molecule has 7 heteroatoms. The number of unbranched alkanes of at least 4 members (excludes halogenated alkanes) is 1. The lowest BCUT2D eigenvalue weighted by molar-refractivity contribution is 0.410. The summed E-state index contributed by atoms with van der Waals surface area (Å²) < 4.78 is 8.81. The van der Waals surface area contributed by atoms with Crippen LogP contribution in [0.2, 0.25) is 0 Å². The SMILES string of the molecule is CCCCn1c(Cc2cc(I)ccc2OC)nc2c(N)ncnc21. The van der Waals surface area contributed by atoms with Crippen LogP contribution in [0.1, 0.15) is 31.2 Å². The maximum Gasteiger partial charge on any atom is 0.165 e. The Labute approximate surface area is 154 Å². The zero-order valence-electron chi connectivity index (χ0n) is 13.8. The van der Waals surface area contributed by atoms with E-state index in [1.54, 1.807) is 7.11 Å². The van der Waals surface area contributed by atoms with Gasteiger partial charge in [-0.1, -0.05) is 13.3 Å². The first-order valence-electron chi connectivity index (χ1n) is 7.92. The predicted octanol–water partition coefficient (Wildman–Crippen LogP) is 3.41. The highest BCUT2D eigenvalue weighted by Crippen LogP contribution is 2.26. The van der Waals surface area contributed by atoms with Crippen molar-refractivity contribution in [2.45, 2.75) is 32.7 Å².